The van der Waals surface area contributed by atoms with Crippen LogP contribution in [0.5, 0.6) is 5.75 Å². The molecule has 0 amide bonds. The number of fused-ring (bicyclic) bond motifs is 1. The molecule has 1 N–H and O–H groups in total. The first-order chi connectivity index (χ1) is 15.7. The van der Waals surface area contributed by atoms with Crippen LogP contribution < -0.4 is 10.1 Å². The Hall–Kier alpha value is -4.12. The van der Waals surface area contributed by atoms with Crippen molar-refractivity contribution in [1.29, 1.82) is 0 Å². The second kappa shape index (κ2) is 8.79. The van der Waals surface area contributed by atoms with Gasteiger partial charge in [0.15, 0.2) is 15.7 Å². The van der Waals surface area contributed by atoms with Crippen molar-refractivity contribution in [3.05, 3.63) is 88.4 Å². The van der Waals surface area contributed by atoms with Crippen LogP contribution in [0.15, 0.2) is 71.6 Å². The van der Waals surface area contributed by atoms with Crippen molar-refractivity contribution in [3.8, 4) is 5.75 Å². The molecule has 0 fully saturated rings. The number of ether oxygens (including phenoxy) is 1. The molecule has 0 saturated heterocycles. The number of aromatic nitrogens is 2. The van der Waals surface area contributed by atoms with E-state index in [1.807, 2.05) is 0 Å². The average Bonchev–Trinajstić information content (AvgIpc) is 2.79. The first-order valence-electron chi connectivity index (χ1n) is 9.59. The maximum absolute atomic E-state index is 14.0. The Balaban J connectivity index is 1.79. The number of nitro groups is 1. The minimum Gasteiger partial charge on any atom is -0.497 e. The highest BCUT2D eigenvalue weighted by atomic mass is 32.2. The number of hydrogen-bond acceptors (Lipinski definition) is 8. The van der Waals surface area contributed by atoms with Crippen LogP contribution in [-0.2, 0) is 15.6 Å². The van der Waals surface area contributed by atoms with Crippen molar-refractivity contribution < 1.29 is 22.5 Å². The highest BCUT2D eigenvalue weighted by Crippen LogP contribution is 2.28. The van der Waals surface area contributed by atoms with Gasteiger partial charge in [-0.05, 0) is 24.3 Å². The lowest BCUT2D eigenvalue weighted by Gasteiger charge is -2.13. The van der Waals surface area contributed by atoms with E-state index in [0.717, 1.165) is 6.07 Å². The smallest absolute Gasteiger partial charge is 0.270 e. The molecule has 4 rings (SSSR count). The van der Waals surface area contributed by atoms with Gasteiger partial charge in [-0.1, -0.05) is 18.2 Å². The molecule has 168 valence electrons. The minimum absolute atomic E-state index is 0.0726. The molecule has 0 aliphatic heterocycles. The number of benzene rings is 3. The standard InChI is InChI=1S/C22H17FN4O5S/c1-32-17-10-14(23)9-15(11-17)24-22-21(25-19-7-2-3-8-20(19)26-22)13-33(30,31)18-6-4-5-16(12-18)27(28)29/h2-12H,13H2,1H3,(H,24,26). The molecule has 0 radical (unpaired) electrons. The van der Waals surface area contributed by atoms with Gasteiger partial charge in [0.1, 0.15) is 17.3 Å². The predicted molar refractivity (Wildman–Crippen MR) is 120 cm³/mol. The summed E-state index contributed by atoms with van der Waals surface area (Å²) in [7, 11) is -2.63. The monoisotopic (exact) mass is 468 g/mol. The molecule has 0 aliphatic carbocycles. The second-order valence-electron chi connectivity index (χ2n) is 7.03. The van der Waals surface area contributed by atoms with Gasteiger partial charge in [-0.2, -0.15) is 0 Å². The van der Waals surface area contributed by atoms with E-state index in [-0.39, 0.29) is 33.5 Å². The Kier molecular flexibility index (Phi) is 5.88. The number of halogens is 1. The lowest BCUT2D eigenvalue weighted by Crippen LogP contribution is -2.11. The normalized spacial score (nSPS) is 11.3. The van der Waals surface area contributed by atoms with Crippen molar-refractivity contribution >= 4 is 38.1 Å². The number of anilines is 2. The van der Waals surface area contributed by atoms with Gasteiger partial charge in [-0.25, -0.2) is 22.8 Å². The van der Waals surface area contributed by atoms with E-state index in [4.69, 9.17) is 4.74 Å². The molecule has 0 bridgehead atoms. The number of nitrogens with zero attached hydrogens (tertiary/aromatic N) is 3. The van der Waals surface area contributed by atoms with E-state index >= 15 is 0 Å². The maximum Gasteiger partial charge on any atom is 0.270 e. The van der Waals surface area contributed by atoms with Crippen LogP contribution in [0.3, 0.4) is 0 Å². The van der Waals surface area contributed by atoms with E-state index in [1.54, 1.807) is 24.3 Å². The van der Waals surface area contributed by atoms with Gasteiger partial charge >= 0.3 is 0 Å². The molecule has 3 aromatic carbocycles. The van der Waals surface area contributed by atoms with E-state index in [0.29, 0.717) is 11.0 Å². The zero-order chi connectivity index (χ0) is 23.6. The van der Waals surface area contributed by atoms with E-state index in [2.05, 4.69) is 15.3 Å². The van der Waals surface area contributed by atoms with E-state index < -0.39 is 26.3 Å². The maximum atomic E-state index is 14.0. The van der Waals surface area contributed by atoms with Crippen molar-refractivity contribution in [2.24, 2.45) is 0 Å². The number of sulfone groups is 1. The summed E-state index contributed by atoms with van der Waals surface area (Å²) in [6.07, 6.45) is 0. The fourth-order valence-electron chi connectivity index (χ4n) is 3.18. The molecule has 1 aromatic heterocycles. The van der Waals surface area contributed by atoms with Gasteiger partial charge < -0.3 is 10.1 Å². The summed E-state index contributed by atoms with van der Waals surface area (Å²) in [6, 6.07) is 15.6. The first-order valence-corrected chi connectivity index (χ1v) is 11.2. The van der Waals surface area contributed by atoms with Gasteiger partial charge in [-0.15, -0.1) is 0 Å². The summed E-state index contributed by atoms with van der Waals surface area (Å²) in [6.45, 7) is 0. The molecular formula is C22H17FN4O5S. The third kappa shape index (κ3) is 4.88. The van der Waals surface area contributed by atoms with Crippen molar-refractivity contribution in [3.63, 3.8) is 0 Å². The number of nitro benzene ring substituents is 1. The quantitative estimate of drug-likeness (QED) is 0.313. The number of rotatable bonds is 7. The summed E-state index contributed by atoms with van der Waals surface area (Å²) in [4.78, 5) is 19.1. The Labute approximate surface area is 188 Å². The molecule has 0 atom stereocenters. The van der Waals surface area contributed by atoms with Crippen LogP contribution in [0, 0.1) is 15.9 Å². The van der Waals surface area contributed by atoms with Crippen molar-refractivity contribution in [2.45, 2.75) is 10.6 Å². The largest absolute Gasteiger partial charge is 0.497 e. The molecule has 11 heteroatoms. The lowest BCUT2D eigenvalue weighted by atomic mass is 10.2. The van der Waals surface area contributed by atoms with Crippen molar-refractivity contribution in [1.82, 2.24) is 9.97 Å². The van der Waals surface area contributed by atoms with Crippen LogP contribution in [0.4, 0.5) is 21.6 Å². The molecule has 0 unspecified atom stereocenters. The number of non-ortho nitro benzene ring substituents is 1. The summed E-state index contributed by atoms with van der Waals surface area (Å²) in [5, 5.41) is 14.0. The van der Waals surface area contributed by atoms with Gasteiger partial charge in [0, 0.05) is 30.0 Å². The summed E-state index contributed by atoms with van der Waals surface area (Å²) in [5.74, 6) is -0.774. The van der Waals surface area contributed by atoms with Gasteiger partial charge in [-0.3, -0.25) is 10.1 Å². The number of para-hydroxylation sites is 2. The van der Waals surface area contributed by atoms with E-state index in [1.165, 1.54) is 43.5 Å². The van der Waals surface area contributed by atoms with Gasteiger partial charge in [0.05, 0.1) is 33.7 Å². The molecule has 33 heavy (non-hydrogen) atoms. The van der Waals surface area contributed by atoms with Crippen LogP contribution in [0.1, 0.15) is 5.69 Å². The second-order valence-corrected chi connectivity index (χ2v) is 9.02. The predicted octanol–water partition coefficient (Wildman–Crippen LogP) is 4.40. The Morgan fingerprint density at radius 3 is 2.45 bits per heavy atom. The zero-order valence-corrected chi connectivity index (χ0v) is 18.0. The fraction of sp³-hybridized carbons (Fsp3) is 0.0909. The average molecular weight is 468 g/mol. The summed E-state index contributed by atoms with van der Waals surface area (Å²) in [5.41, 5.74) is 0.976. The summed E-state index contributed by atoms with van der Waals surface area (Å²) < 4.78 is 45.2. The van der Waals surface area contributed by atoms with Gasteiger partial charge in [0.25, 0.3) is 5.69 Å². The minimum atomic E-state index is -4.02. The highest BCUT2D eigenvalue weighted by molar-refractivity contribution is 7.90. The Bertz CT molecular complexity index is 1480. The van der Waals surface area contributed by atoms with E-state index in [9.17, 15) is 22.9 Å². The van der Waals surface area contributed by atoms with Crippen LogP contribution in [-0.4, -0.2) is 30.4 Å². The van der Waals surface area contributed by atoms with Crippen LogP contribution in [0.25, 0.3) is 11.0 Å². The number of hydrogen-bond donors (Lipinski definition) is 1. The summed E-state index contributed by atoms with van der Waals surface area (Å²) >= 11 is 0. The van der Waals surface area contributed by atoms with Gasteiger partial charge in [0.2, 0.25) is 0 Å². The fourth-order valence-corrected chi connectivity index (χ4v) is 4.49. The number of nitrogens with one attached hydrogen (secondary N) is 1. The SMILES string of the molecule is COc1cc(F)cc(Nc2nc3ccccc3nc2CS(=O)(=O)c2cccc([N+](=O)[O-])c2)c1. The van der Waals surface area contributed by atoms with Crippen LogP contribution >= 0.6 is 0 Å². The molecule has 4 aromatic rings. The third-order valence-electron chi connectivity index (χ3n) is 4.73. The molecule has 9 nitrogen and oxygen atoms in total. The number of methoxy groups -OCH3 is 1. The van der Waals surface area contributed by atoms with Crippen LogP contribution in [0.2, 0.25) is 0 Å². The molecule has 0 aliphatic rings. The Morgan fingerprint density at radius 2 is 1.76 bits per heavy atom. The highest BCUT2D eigenvalue weighted by Gasteiger charge is 2.22. The topological polar surface area (TPSA) is 124 Å². The zero-order valence-electron chi connectivity index (χ0n) is 17.2. The molecule has 0 saturated carbocycles. The Morgan fingerprint density at radius 1 is 1.03 bits per heavy atom. The molecule has 1 heterocycles. The third-order valence-corrected chi connectivity index (χ3v) is 6.35. The molecular weight excluding hydrogens is 451 g/mol. The van der Waals surface area contributed by atoms with Crippen molar-refractivity contribution in [2.75, 3.05) is 12.4 Å². The lowest BCUT2D eigenvalue weighted by molar-refractivity contribution is -0.385. The molecule has 0 spiro atoms. The first kappa shape index (κ1) is 22.1.